The molecule has 152 valence electrons. The van der Waals surface area contributed by atoms with Crippen LogP contribution in [0, 0.1) is 5.82 Å². The Morgan fingerprint density at radius 3 is 2.47 bits per heavy atom. The minimum absolute atomic E-state index is 0.0659. The highest BCUT2D eigenvalue weighted by atomic mass is 19.1. The number of carbonyl (C=O) groups is 1. The molecule has 1 amide bonds. The molecule has 0 saturated heterocycles. The van der Waals surface area contributed by atoms with E-state index in [0.29, 0.717) is 0 Å². The minimum atomic E-state index is -0.678. The Labute approximate surface area is 172 Å². The van der Waals surface area contributed by atoms with Gasteiger partial charge in [-0.3, -0.25) is 5.32 Å². The van der Waals surface area contributed by atoms with Gasteiger partial charge >= 0.3 is 6.09 Å². The van der Waals surface area contributed by atoms with Gasteiger partial charge in [0, 0.05) is 7.11 Å². The first kappa shape index (κ1) is 19.6. The van der Waals surface area contributed by atoms with Gasteiger partial charge in [0.1, 0.15) is 12.1 Å². The summed E-state index contributed by atoms with van der Waals surface area (Å²) in [5.74, 6) is -0.403. The Morgan fingerprint density at radius 2 is 1.77 bits per heavy atom. The summed E-state index contributed by atoms with van der Waals surface area (Å²) in [4.78, 5) is 16.6. The number of anilines is 1. The van der Waals surface area contributed by atoms with Crippen molar-refractivity contribution in [3.63, 3.8) is 0 Å². The highest BCUT2D eigenvalue weighted by molar-refractivity contribution is 5.96. The van der Waals surface area contributed by atoms with E-state index in [9.17, 15) is 9.18 Å². The van der Waals surface area contributed by atoms with Crippen LogP contribution in [0.1, 0.15) is 23.1 Å². The maximum atomic E-state index is 14.3. The Balaban J connectivity index is 1.58. The lowest BCUT2D eigenvalue weighted by Crippen LogP contribution is -2.14. The maximum Gasteiger partial charge on any atom is 0.412 e. The van der Waals surface area contributed by atoms with Crippen molar-refractivity contribution in [3.05, 3.63) is 95.6 Å². The van der Waals surface area contributed by atoms with E-state index in [1.54, 1.807) is 0 Å². The number of carbonyl (C=O) groups excluding carboxylic acids is 1. The zero-order valence-corrected chi connectivity index (χ0v) is 16.2. The number of amides is 1. The molecule has 30 heavy (non-hydrogen) atoms. The maximum absolute atomic E-state index is 14.3. The molecule has 1 unspecified atom stereocenters. The number of oxazole rings is 1. The van der Waals surface area contributed by atoms with Gasteiger partial charge in [0.05, 0.1) is 5.69 Å². The molecule has 1 heterocycles. The predicted octanol–water partition coefficient (Wildman–Crippen LogP) is 5.45. The van der Waals surface area contributed by atoms with Gasteiger partial charge in [0.15, 0.2) is 17.5 Å². The summed E-state index contributed by atoms with van der Waals surface area (Å²) in [5.41, 5.74) is 2.06. The van der Waals surface area contributed by atoms with Gasteiger partial charge in [-0.15, -0.1) is 0 Å². The van der Waals surface area contributed by atoms with Crippen molar-refractivity contribution >= 4 is 22.9 Å². The van der Waals surface area contributed by atoms with Crippen molar-refractivity contribution in [2.75, 3.05) is 12.4 Å². The van der Waals surface area contributed by atoms with Crippen LogP contribution in [0.15, 0.2) is 77.2 Å². The number of benzene rings is 3. The molecule has 4 rings (SSSR count). The number of aromatic nitrogens is 1. The molecule has 4 aromatic rings. The number of nitrogens with one attached hydrogen (secondary N) is 1. The van der Waals surface area contributed by atoms with Crippen molar-refractivity contribution in [3.8, 4) is 0 Å². The Hall–Kier alpha value is -3.71. The first-order chi connectivity index (χ1) is 14.7. The van der Waals surface area contributed by atoms with E-state index in [0.717, 1.165) is 11.1 Å². The summed E-state index contributed by atoms with van der Waals surface area (Å²) in [6.45, 7) is 0.112. The molecular weight excluding hydrogens is 387 g/mol. The van der Waals surface area contributed by atoms with Crippen molar-refractivity contribution in [1.82, 2.24) is 4.98 Å². The van der Waals surface area contributed by atoms with Gasteiger partial charge in [-0.1, -0.05) is 60.7 Å². The fourth-order valence-electron chi connectivity index (χ4n) is 3.08. The lowest BCUT2D eigenvalue weighted by molar-refractivity contribution is 0.113. The number of methoxy groups -OCH3 is 1. The molecule has 6 nitrogen and oxygen atoms in total. The standard InChI is InChI=1S/C23H19FN2O4/c1-28-20(16-10-6-3-7-11-16)22-26-19-18(13-12-17(24)21(19)30-22)25-23(27)29-14-15-8-4-2-5-9-15/h2-13,20H,14H2,1H3,(H,25,27). The van der Waals surface area contributed by atoms with E-state index in [2.05, 4.69) is 10.3 Å². The molecule has 0 saturated carbocycles. The third-order valence-electron chi connectivity index (χ3n) is 4.52. The molecular formula is C23H19FN2O4. The van der Waals surface area contributed by atoms with Crippen LogP contribution in [0.25, 0.3) is 11.1 Å². The molecule has 0 radical (unpaired) electrons. The second kappa shape index (κ2) is 8.75. The average Bonchev–Trinajstić information content (AvgIpc) is 3.22. The van der Waals surface area contributed by atoms with Crippen LogP contribution in [0.2, 0.25) is 0 Å². The van der Waals surface area contributed by atoms with Crippen molar-refractivity contribution < 1.29 is 23.1 Å². The van der Waals surface area contributed by atoms with Crippen molar-refractivity contribution in [2.24, 2.45) is 0 Å². The van der Waals surface area contributed by atoms with Gasteiger partial charge in [-0.25, -0.2) is 14.2 Å². The van der Waals surface area contributed by atoms with Crippen LogP contribution in [0.3, 0.4) is 0 Å². The summed E-state index contributed by atoms with van der Waals surface area (Å²) in [7, 11) is 1.52. The van der Waals surface area contributed by atoms with Gasteiger partial charge in [0.2, 0.25) is 5.89 Å². The van der Waals surface area contributed by atoms with Gasteiger partial charge in [-0.05, 0) is 23.3 Å². The SMILES string of the molecule is COC(c1ccccc1)c1nc2c(NC(=O)OCc3ccccc3)ccc(F)c2o1. The van der Waals surface area contributed by atoms with E-state index in [1.165, 1.54) is 19.2 Å². The van der Waals surface area contributed by atoms with Gasteiger partial charge in [-0.2, -0.15) is 0 Å². The third-order valence-corrected chi connectivity index (χ3v) is 4.52. The predicted molar refractivity (Wildman–Crippen MR) is 110 cm³/mol. The van der Waals surface area contributed by atoms with E-state index in [1.807, 2.05) is 60.7 Å². The fourth-order valence-corrected chi connectivity index (χ4v) is 3.08. The van der Waals surface area contributed by atoms with Crippen LogP contribution in [-0.2, 0) is 16.1 Å². The Kier molecular flexibility index (Phi) is 5.72. The van der Waals surface area contributed by atoms with Crippen LogP contribution >= 0.6 is 0 Å². The van der Waals surface area contributed by atoms with E-state index in [4.69, 9.17) is 13.9 Å². The molecule has 0 fully saturated rings. The summed E-state index contributed by atoms with van der Waals surface area (Å²) in [6, 6.07) is 21.2. The van der Waals surface area contributed by atoms with Crippen LogP contribution in [0.4, 0.5) is 14.9 Å². The second-order valence-electron chi connectivity index (χ2n) is 6.54. The zero-order valence-electron chi connectivity index (χ0n) is 16.2. The number of hydrogen-bond donors (Lipinski definition) is 1. The molecule has 0 aliphatic rings. The average molecular weight is 406 g/mol. The van der Waals surface area contributed by atoms with E-state index < -0.39 is 18.0 Å². The molecule has 0 bridgehead atoms. The first-order valence-electron chi connectivity index (χ1n) is 9.30. The first-order valence-corrected chi connectivity index (χ1v) is 9.30. The topological polar surface area (TPSA) is 73.6 Å². The number of ether oxygens (including phenoxy) is 2. The summed E-state index contributed by atoms with van der Waals surface area (Å²) < 4.78 is 30.7. The highest BCUT2D eigenvalue weighted by Crippen LogP contribution is 2.32. The fraction of sp³-hybridized carbons (Fsp3) is 0.130. The van der Waals surface area contributed by atoms with Crippen LogP contribution in [-0.4, -0.2) is 18.2 Å². The van der Waals surface area contributed by atoms with E-state index in [-0.39, 0.29) is 29.3 Å². The molecule has 0 aliphatic heterocycles. The second-order valence-corrected chi connectivity index (χ2v) is 6.54. The summed E-state index contributed by atoms with van der Waals surface area (Å²) in [5, 5.41) is 2.60. The monoisotopic (exact) mass is 406 g/mol. The molecule has 1 aromatic heterocycles. The van der Waals surface area contributed by atoms with Crippen LogP contribution < -0.4 is 5.32 Å². The lowest BCUT2D eigenvalue weighted by Gasteiger charge is -2.11. The zero-order chi connectivity index (χ0) is 20.9. The number of fused-ring (bicyclic) bond motifs is 1. The summed E-state index contributed by atoms with van der Waals surface area (Å²) in [6.07, 6.45) is -1.29. The van der Waals surface area contributed by atoms with Gasteiger partial charge < -0.3 is 13.9 Å². The lowest BCUT2D eigenvalue weighted by atomic mass is 10.1. The van der Waals surface area contributed by atoms with Gasteiger partial charge in [0.25, 0.3) is 0 Å². The van der Waals surface area contributed by atoms with Crippen molar-refractivity contribution in [1.29, 1.82) is 0 Å². The number of halogens is 1. The molecule has 3 aromatic carbocycles. The molecule has 1 N–H and O–H groups in total. The molecule has 7 heteroatoms. The molecule has 1 atom stereocenters. The third kappa shape index (κ3) is 4.16. The molecule has 0 aliphatic carbocycles. The Morgan fingerprint density at radius 1 is 1.07 bits per heavy atom. The Bertz CT molecular complexity index is 1150. The van der Waals surface area contributed by atoms with E-state index >= 15 is 0 Å². The normalized spacial score (nSPS) is 11.9. The molecule has 0 spiro atoms. The van der Waals surface area contributed by atoms with Crippen LogP contribution in [0.5, 0.6) is 0 Å². The highest BCUT2D eigenvalue weighted by Gasteiger charge is 2.23. The number of rotatable bonds is 6. The van der Waals surface area contributed by atoms with Crippen molar-refractivity contribution in [2.45, 2.75) is 12.7 Å². The smallest absolute Gasteiger partial charge is 0.412 e. The largest absolute Gasteiger partial charge is 0.444 e. The quantitative estimate of drug-likeness (QED) is 0.461. The number of hydrogen-bond acceptors (Lipinski definition) is 5. The summed E-state index contributed by atoms with van der Waals surface area (Å²) >= 11 is 0. The minimum Gasteiger partial charge on any atom is -0.444 e. The number of nitrogens with zero attached hydrogens (tertiary/aromatic N) is 1.